The van der Waals surface area contributed by atoms with Gasteiger partial charge in [-0.3, -0.25) is 0 Å². The first-order chi connectivity index (χ1) is 9.20. The summed E-state index contributed by atoms with van der Waals surface area (Å²) >= 11 is 0. The van der Waals surface area contributed by atoms with E-state index in [1.807, 2.05) is 6.07 Å². The zero-order chi connectivity index (χ0) is 13.7. The Morgan fingerprint density at radius 3 is 3.05 bits per heavy atom. The molecule has 1 saturated heterocycles. The molecule has 4 nitrogen and oxygen atoms in total. The van der Waals surface area contributed by atoms with Crippen molar-refractivity contribution in [1.82, 2.24) is 5.32 Å². The smallest absolute Gasteiger partial charge is 0.120 e. The van der Waals surface area contributed by atoms with Crippen LogP contribution in [-0.4, -0.2) is 32.0 Å². The van der Waals surface area contributed by atoms with Crippen LogP contribution < -0.4 is 10.1 Å². The van der Waals surface area contributed by atoms with Crippen LogP contribution in [0.3, 0.4) is 0 Å². The minimum absolute atomic E-state index is 0.109. The lowest BCUT2D eigenvalue weighted by Crippen LogP contribution is -2.22. The van der Waals surface area contributed by atoms with Crippen molar-refractivity contribution in [1.29, 1.82) is 0 Å². The van der Waals surface area contributed by atoms with Gasteiger partial charge in [-0.15, -0.1) is 0 Å². The van der Waals surface area contributed by atoms with Crippen LogP contribution in [0, 0.1) is 5.92 Å². The topological polar surface area (TPSA) is 50.7 Å². The highest BCUT2D eigenvalue weighted by molar-refractivity contribution is 5.41. The molecule has 2 unspecified atom stereocenters. The van der Waals surface area contributed by atoms with Gasteiger partial charge in [-0.2, -0.15) is 0 Å². The number of hydrogen-bond donors (Lipinski definition) is 2. The van der Waals surface area contributed by atoms with Crippen molar-refractivity contribution < 1.29 is 14.6 Å². The highest BCUT2D eigenvalue weighted by Crippen LogP contribution is 2.28. The summed E-state index contributed by atoms with van der Waals surface area (Å²) in [5.74, 6) is 1.76. The number of aromatic hydroxyl groups is 1. The maximum atomic E-state index is 9.90. The van der Waals surface area contributed by atoms with E-state index in [9.17, 15) is 5.11 Å². The van der Waals surface area contributed by atoms with Gasteiger partial charge in [0.05, 0.1) is 7.11 Å². The predicted octanol–water partition coefficient (Wildman–Crippen LogP) is 2.48. The van der Waals surface area contributed by atoms with Gasteiger partial charge < -0.3 is 19.9 Å². The molecule has 4 heteroatoms. The Bertz CT molecular complexity index is 402. The molecule has 0 amide bonds. The van der Waals surface area contributed by atoms with E-state index in [0.29, 0.717) is 11.7 Å². The molecule has 2 N–H and O–H groups in total. The molecule has 0 saturated carbocycles. The van der Waals surface area contributed by atoms with Crippen LogP contribution in [0.25, 0.3) is 0 Å². The summed E-state index contributed by atoms with van der Waals surface area (Å²) in [5, 5.41) is 13.3. The quantitative estimate of drug-likeness (QED) is 0.829. The lowest BCUT2D eigenvalue weighted by atomic mass is 10.0. The SMILES string of the molecule is COc1ccc(O)c(C(C)NCCC2CCOC2)c1. The summed E-state index contributed by atoms with van der Waals surface area (Å²) in [5.41, 5.74) is 0.877. The van der Waals surface area contributed by atoms with Gasteiger partial charge in [-0.1, -0.05) is 0 Å². The number of benzene rings is 1. The van der Waals surface area contributed by atoms with Crippen molar-refractivity contribution in [3.05, 3.63) is 23.8 Å². The second kappa shape index (κ2) is 6.78. The molecule has 1 fully saturated rings. The Balaban J connectivity index is 1.86. The molecule has 1 aliphatic heterocycles. The van der Waals surface area contributed by atoms with Crippen LogP contribution in [0.4, 0.5) is 0 Å². The molecule has 19 heavy (non-hydrogen) atoms. The molecule has 0 bridgehead atoms. The van der Waals surface area contributed by atoms with Crippen LogP contribution in [0.15, 0.2) is 18.2 Å². The first kappa shape index (κ1) is 14.2. The standard InChI is InChI=1S/C15H23NO3/c1-11(16-7-5-12-6-8-19-10-12)14-9-13(18-2)3-4-15(14)17/h3-4,9,11-12,16-17H,5-8,10H2,1-2H3. The molecule has 2 rings (SSSR count). The zero-order valence-electron chi connectivity index (χ0n) is 11.7. The lowest BCUT2D eigenvalue weighted by Gasteiger charge is -2.17. The molecule has 2 atom stereocenters. The van der Waals surface area contributed by atoms with Crippen LogP contribution in [-0.2, 0) is 4.74 Å². The summed E-state index contributed by atoms with van der Waals surface area (Å²) in [6.07, 6.45) is 2.29. The summed E-state index contributed by atoms with van der Waals surface area (Å²) in [7, 11) is 1.63. The number of phenolic OH excluding ortho intramolecular Hbond substituents is 1. The molecule has 1 heterocycles. The fourth-order valence-corrected chi connectivity index (χ4v) is 2.43. The Labute approximate surface area is 114 Å². The van der Waals surface area contributed by atoms with Crippen molar-refractivity contribution >= 4 is 0 Å². The number of methoxy groups -OCH3 is 1. The van der Waals surface area contributed by atoms with Gasteiger partial charge >= 0.3 is 0 Å². The van der Waals surface area contributed by atoms with Gasteiger partial charge in [0.2, 0.25) is 0 Å². The van der Waals surface area contributed by atoms with Crippen LogP contribution in [0.1, 0.15) is 31.4 Å². The van der Waals surface area contributed by atoms with Crippen molar-refractivity contribution in [2.45, 2.75) is 25.8 Å². The van der Waals surface area contributed by atoms with E-state index >= 15 is 0 Å². The summed E-state index contributed by atoms with van der Waals surface area (Å²) in [4.78, 5) is 0. The Morgan fingerprint density at radius 1 is 1.53 bits per heavy atom. The van der Waals surface area contributed by atoms with Gasteiger partial charge in [0.15, 0.2) is 0 Å². The lowest BCUT2D eigenvalue weighted by molar-refractivity contribution is 0.184. The molecule has 1 aromatic rings. The monoisotopic (exact) mass is 265 g/mol. The number of hydrogen-bond acceptors (Lipinski definition) is 4. The third kappa shape index (κ3) is 3.85. The van der Waals surface area contributed by atoms with Crippen molar-refractivity contribution in [2.75, 3.05) is 26.9 Å². The fraction of sp³-hybridized carbons (Fsp3) is 0.600. The molecule has 0 radical (unpaired) electrons. The predicted molar refractivity (Wildman–Crippen MR) is 74.6 cm³/mol. The van der Waals surface area contributed by atoms with Gasteiger partial charge in [-0.25, -0.2) is 0 Å². The van der Waals surface area contributed by atoms with Crippen molar-refractivity contribution in [2.24, 2.45) is 5.92 Å². The summed E-state index contributed by atoms with van der Waals surface area (Å²) in [6.45, 7) is 4.78. The fourth-order valence-electron chi connectivity index (χ4n) is 2.43. The van der Waals surface area contributed by atoms with Gasteiger partial charge in [0.25, 0.3) is 0 Å². The molecule has 0 aliphatic carbocycles. The normalized spacial score (nSPS) is 20.4. The van der Waals surface area contributed by atoms with E-state index < -0.39 is 0 Å². The van der Waals surface area contributed by atoms with Crippen molar-refractivity contribution in [3.8, 4) is 11.5 Å². The number of ether oxygens (including phenoxy) is 2. The van der Waals surface area contributed by atoms with Crippen LogP contribution in [0.5, 0.6) is 11.5 Å². The highest BCUT2D eigenvalue weighted by Gasteiger charge is 2.16. The number of rotatable bonds is 6. The van der Waals surface area contributed by atoms with E-state index in [2.05, 4.69) is 12.2 Å². The maximum absolute atomic E-state index is 9.90. The maximum Gasteiger partial charge on any atom is 0.120 e. The molecule has 0 spiro atoms. The highest BCUT2D eigenvalue weighted by atomic mass is 16.5. The third-order valence-electron chi connectivity index (χ3n) is 3.73. The Hall–Kier alpha value is -1.26. The first-order valence-corrected chi connectivity index (χ1v) is 6.88. The van der Waals surface area contributed by atoms with Gasteiger partial charge in [-0.05, 0) is 50.4 Å². The minimum Gasteiger partial charge on any atom is -0.508 e. The van der Waals surface area contributed by atoms with E-state index in [1.54, 1.807) is 19.2 Å². The Kier molecular flexibility index (Phi) is 5.05. The second-order valence-corrected chi connectivity index (χ2v) is 5.12. The molecular formula is C15H23NO3. The minimum atomic E-state index is 0.109. The van der Waals surface area contributed by atoms with E-state index in [1.165, 1.54) is 6.42 Å². The molecular weight excluding hydrogens is 242 g/mol. The van der Waals surface area contributed by atoms with Crippen LogP contribution >= 0.6 is 0 Å². The molecule has 106 valence electrons. The second-order valence-electron chi connectivity index (χ2n) is 5.12. The summed E-state index contributed by atoms with van der Waals surface area (Å²) < 4.78 is 10.6. The molecule has 1 aliphatic rings. The average Bonchev–Trinajstić information content (AvgIpc) is 2.92. The van der Waals surface area contributed by atoms with E-state index in [4.69, 9.17) is 9.47 Å². The number of phenols is 1. The zero-order valence-corrected chi connectivity index (χ0v) is 11.7. The third-order valence-corrected chi connectivity index (χ3v) is 3.73. The average molecular weight is 265 g/mol. The first-order valence-electron chi connectivity index (χ1n) is 6.88. The molecule has 1 aromatic carbocycles. The van der Waals surface area contributed by atoms with Gasteiger partial charge in [0.1, 0.15) is 11.5 Å². The van der Waals surface area contributed by atoms with E-state index in [-0.39, 0.29) is 6.04 Å². The van der Waals surface area contributed by atoms with Gasteiger partial charge in [0, 0.05) is 24.8 Å². The number of nitrogens with one attached hydrogen (secondary N) is 1. The largest absolute Gasteiger partial charge is 0.508 e. The molecule has 0 aromatic heterocycles. The summed E-state index contributed by atoms with van der Waals surface area (Å²) in [6, 6.07) is 5.43. The van der Waals surface area contributed by atoms with E-state index in [0.717, 1.165) is 37.5 Å². The van der Waals surface area contributed by atoms with Crippen LogP contribution in [0.2, 0.25) is 0 Å². The Morgan fingerprint density at radius 2 is 2.37 bits per heavy atom. The van der Waals surface area contributed by atoms with Crippen molar-refractivity contribution in [3.63, 3.8) is 0 Å².